The fourth-order valence-corrected chi connectivity index (χ4v) is 1.36. The van der Waals surface area contributed by atoms with E-state index in [0.29, 0.717) is 0 Å². The summed E-state index contributed by atoms with van der Waals surface area (Å²) in [5.41, 5.74) is 0.0250. The molecule has 0 saturated carbocycles. The third kappa shape index (κ3) is 2.80. The van der Waals surface area contributed by atoms with Gasteiger partial charge in [-0.25, -0.2) is 9.59 Å². The molecule has 6 nitrogen and oxygen atoms in total. The van der Waals surface area contributed by atoms with Crippen molar-refractivity contribution in [3.63, 3.8) is 0 Å². The monoisotopic (exact) mass is 240 g/mol. The second kappa shape index (κ2) is 5.42. The lowest BCUT2D eigenvalue weighted by molar-refractivity contribution is -0.153. The van der Waals surface area contributed by atoms with E-state index < -0.39 is 24.1 Å². The first kappa shape index (κ1) is 13.1. The van der Waals surface area contributed by atoms with Crippen molar-refractivity contribution in [3.8, 4) is 0 Å². The Morgan fingerprint density at radius 1 is 1.24 bits per heavy atom. The fourth-order valence-electron chi connectivity index (χ4n) is 1.36. The molecule has 0 spiro atoms. The molecule has 1 aromatic carbocycles. The van der Waals surface area contributed by atoms with Gasteiger partial charge >= 0.3 is 11.9 Å². The van der Waals surface area contributed by atoms with Crippen LogP contribution < -0.4 is 0 Å². The second-order valence-electron chi connectivity index (χ2n) is 3.31. The molecule has 0 aliphatic heterocycles. The topological polar surface area (TPSA) is 104 Å². The molecule has 3 N–H and O–H groups in total. The fraction of sp³-hybridized carbons (Fsp3) is 0.273. The lowest BCUT2D eigenvalue weighted by Crippen LogP contribution is -2.28. The summed E-state index contributed by atoms with van der Waals surface area (Å²) in [6.45, 7) is 0. The third-order valence-corrected chi connectivity index (χ3v) is 2.24. The zero-order chi connectivity index (χ0) is 13.0. The van der Waals surface area contributed by atoms with E-state index in [1.165, 1.54) is 31.4 Å². The highest BCUT2D eigenvalue weighted by atomic mass is 16.5. The van der Waals surface area contributed by atoms with Crippen LogP contribution in [0.1, 0.15) is 22.0 Å². The molecule has 0 fully saturated rings. The maximum absolute atomic E-state index is 11.4. The highest BCUT2D eigenvalue weighted by Crippen LogP contribution is 2.22. The van der Waals surface area contributed by atoms with Gasteiger partial charge in [-0.3, -0.25) is 0 Å². The van der Waals surface area contributed by atoms with E-state index in [9.17, 15) is 19.8 Å². The van der Waals surface area contributed by atoms with Crippen LogP contribution in [0.2, 0.25) is 0 Å². The number of carboxylic acids is 1. The van der Waals surface area contributed by atoms with Crippen LogP contribution >= 0.6 is 0 Å². The van der Waals surface area contributed by atoms with Crippen LogP contribution in [0.3, 0.4) is 0 Å². The van der Waals surface area contributed by atoms with Crippen LogP contribution in [0.25, 0.3) is 0 Å². The summed E-state index contributed by atoms with van der Waals surface area (Å²) in [6.07, 6.45) is -3.69. The van der Waals surface area contributed by atoms with Gasteiger partial charge in [0.15, 0.2) is 6.10 Å². The molecule has 17 heavy (non-hydrogen) atoms. The van der Waals surface area contributed by atoms with Crippen LogP contribution in [0.4, 0.5) is 0 Å². The average Bonchev–Trinajstić information content (AvgIpc) is 2.35. The summed E-state index contributed by atoms with van der Waals surface area (Å²) < 4.78 is 4.49. The van der Waals surface area contributed by atoms with Gasteiger partial charge in [-0.1, -0.05) is 18.2 Å². The number of aliphatic carboxylic acids is 1. The largest absolute Gasteiger partial charge is 0.479 e. The average molecular weight is 240 g/mol. The zero-order valence-electron chi connectivity index (χ0n) is 9.03. The van der Waals surface area contributed by atoms with Crippen LogP contribution in [-0.2, 0) is 9.53 Å². The molecule has 2 unspecified atom stereocenters. The summed E-state index contributed by atoms with van der Waals surface area (Å²) in [7, 11) is 1.17. The predicted octanol–water partition coefficient (Wildman–Crippen LogP) is -0.0479. The molecule has 0 aliphatic carbocycles. The van der Waals surface area contributed by atoms with Gasteiger partial charge in [0.1, 0.15) is 6.10 Å². The molecule has 2 atom stereocenters. The summed E-state index contributed by atoms with van der Waals surface area (Å²) >= 11 is 0. The zero-order valence-corrected chi connectivity index (χ0v) is 9.03. The van der Waals surface area contributed by atoms with E-state index in [0.717, 1.165) is 0 Å². The molecule has 0 saturated heterocycles. The molecule has 0 aromatic heterocycles. The lowest BCUT2D eigenvalue weighted by Gasteiger charge is -2.16. The van der Waals surface area contributed by atoms with Crippen LogP contribution in [0, 0.1) is 0 Å². The molecule has 92 valence electrons. The number of aliphatic hydroxyl groups is 2. The van der Waals surface area contributed by atoms with Gasteiger partial charge in [0.25, 0.3) is 0 Å². The number of aliphatic hydroxyl groups excluding tert-OH is 2. The predicted molar refractivity (Wildman–Crippen MR) is 56.4 cm³/mol. The number of carboxylic acid groups (broad SMARTS) is 1. The Bertz CT molecular complexity index is 428. The van der Waals surface area contributed by atoms with Gasteiger partial charge < -0.3 is 20.1 Å². The molecule has 1 aromatic rings. The Morgan fingerprint density at radius 3 is 2.35 bits per heavy atom. The number of benzene rings is 1. The summed E-state index contributed by atoms with van der Waals surface area (Å²) in [4.78, 5) is 21.9. The lowest BCUT2D eigenvalue weighted by atomic mass is 9.98. The minimum absolute atomic E-state index is 0.00856. The Kier molecular flexibility index (Phi) is 4.19. The third-order valence-electron chi connectivity index (χ3n) is 2.24. The molecule has 0 radical (unpaired) electrons. The molecule has 0 aliphatic rings. The maximum Gasteiger partial charge on any atom is 0.338 e. The normalized spacial score (nSPS) is 13.8. The summed E-state index contributed by atoms with van der Waals surface area (Å²) in [5.74, 6) is -2.28. The van der Waals surface area contributed by atoms with E-state index >= 15 is 0 Å². The number of methoxy groups -OCH3 is 1. The van der Waals surface area contributed by atoms with Crippen LogP contribution in [0.15, 0.2) is 24.3 Å². The van der Waals surface area contributed by atoms with E-state index in [2.05, 4.69) is 4.74 Å². The van der Waals surface area contributed by atoms with Crippen LogP contribution in [-0.4, -0.2) is 40.5 Å². The Hall–Kier alpha value is -1.92. The van der Waals surface area contributed by atoms with Crippen molar-refractivity contribution in [1.82, 2.24) is 0 Å². The van der Waals surface area contributed by atoms with Crippen molar-refractivity contribution >= 4 is 11.9 Å². The molecule has 0 heterocycles. The van der Waals surface area contributed by atoms with Gasteiger partial charge in [0.2, 0.25) is 0 Å². The molecule has 6 heteroatoms. The number of carbonyl (C=O) groups is 2. The number of hydrogen-bond acceptors (Lipinski definition) is 5. The molecule has 0 bridgehead atoms. The highest BCUT2D eigenvalue weighted by Gasteiger charge is 2.28. The van der Waals surface area contributed by atoms with Crippen molar-refractivity contribution in [1.29, 1.82) is 0 Å². The highest BCUT2D eigenvalue weighted by molar-refractivity contribution is 5.91. The van der Waals surface area contributed by atoms with Gasteiger partial charge in [0.05, 0.1) is 12.7 Å². The minimum Gasteiger partial charge on any atom is -0.479 e. The summed E-state index contributed by atoms with van der Waals surface area (Å²) in [5, 5.41) is 27.4. The van der Waals surface area contributed by atoms with Gasteiger partial charge in [0, 0.05) is 0 Å². The first-order valence-electron chi connectivity index (χ1n) is 4.75. The van der Waals surface area contributed by atoms with Crippen molar-refractivity contribution < 1.29 is 29.6 Å². The Labute approximate surface area is 97.1 Å². The quantitative estimate of drug-likeness (QED) is 0.637. The van der Waals surface area contributed by atoms with E-state index in [1.54, 1.807) is 0 Å². The molecule has 1 rings (SSSR count). The number of hydrogen-bond donors (Lipinski definition) is 3. The first-order chi connectivity index (χ1) is 7.99. The molecular weight excluding hydrogens is 228 g/mol. The smallest absolute Gasteiger partial charge is 0.338 e. The van der Waals surface area contributed by atoms with Crippen molar-refractivity contribution in [3.05, 3.63) is 35.4 Å². The summed E-state index contributed by atoms with van der Waals surface area (Å²) in [6, 6.07) is 5.78. The standard InChI is InChI=1S/C11H12O6/c1-17-11(16)7-5-3-2-4-6(7)8(12)9(13)10(14)15/h2-5,8-9,12-13H,1H3,(H,14,15). The van der Waals surface area contributed by atoms with Gasteiger partial charge in [-0.05, 0) is 11.6 Å². The Morgan fingerprint density at radius 2 is 1.82 bits per heavy atom. The molecule has 0 amide bonds. The SMILES string of the molecule is COC(=O)c1ccccc1C(O)C(O)C(=O)O. The van der Waals surface area contributed by atoms with Crippen molar-refractivity contribution in [2.45, 2.75) is 12.2 Å². The minimum atomic E-state index is -2.00. The van der Waals surface area contributed by atoms with E-state index in [4.69, 9.17) is 5.11 Å². The number of rotatable bonds is 4. The van der Waals surface area contributed by atoms with E-state index in [-0.39, 0.29) is 11.1 Å². The second-order valence-corrected chi connectivity index (χ2v) is 3.31. The number of ether oxygens (including phenoxy) is 1. The van der Waals surface area contributed by atoms with Crippen LogP contribution in [0.5, 0.6) is 0 Å². The van der Waals surface area contributed by atoms with E-state index in [1.807, 2.05) is 0 Å². The van der Waals surface area contributed by atoms with Crippen molar-refractivity contribution in [2.75, 3.05) is 7.11 Å². The number of esters is 1. The van der Waals surface area contributed by atoms with Crippen molar-refractivity contribution in [2.24, 2.45) is 0 Å². The van der Waals surface area contributed by atoms with Gasteiger partial charge in [-0.2, -0.15) is 0 Å². The van der Waals surface area contributed by atoms with Gasteiger partial charge in [-0.15, -0.1) is 0 Å². The first-order valence-corrected chi connectivity index (χ1v) is 4.75. The maximum atomic E-state index is 11.4. The Balaban J connectivity index is 3.13. The molecular formula is C11H12O6. The number of carbonyl (C=O) groups excluding carboxylic acids is 1.